The zero-order valence-electron chi connectivity index (χ0n) is 19.9. The summed E-state index contributed by atoms with van der Waals surface area (Å²) in [5.74, 6) is -0.178. The van der Waals surface area contributed by atoms with Gasteiger partial charge in [0.15, 0.2) is 10.8 Å². The summed E-state index contributed by atoms with van der Waals surface area (Å²) in [6.45, 7) is 6.21. The second kappa shape index (κ2) is 9.47. The van der Waals surface area contributed by atoms with Gasteiger partial charge in [-0.1, -0.05) is 12.1 Å². The zero-order chi connectivity index (χ0) is 23.8. The number of hydrogen-bond acceptors (Lipinski definition) is 7. The quantitative estimate of drug-likeness (QED) is 0.523. The number of thioether (sulfide) groups is 1. The van der Waals surface area contributed by atoms with Crippen molar-refractivity contribution in [3.05, 3.63) is 53.2 Å². The lowest BCUT2D eigenvalue weighted by Gasteiger charge is -2.34. The molecule has 0 unspecified atom stereocenters. The summed E-state index contributed by atoms with van der Waals surface area (Å²) in [6, 6.07) is 12.5. The first-order valence-corrected chi connectivity index (χ1v) is 13.1. The number of nitrogens with zero attached hydrogens (tertiary/aromatic N) is 7. The van der Waals surface area contributed by atoms with Gasteiger partial charge in [0, 0.05) is 50.5 Å². The van der Waals surface area contributed by atoms with Crippen LogP contribution >= 0.6 is 11.8 Å². The number of benzene rings is 1. The van der Waals surface area contributed by atoms with Gasteiger partial charge in [0.2, 0.25) is 0 Å². The molecule has 6 rings (SSSR count). The molecular weight excluding hydrogens is 458 g/mol. The summed E-state index contributed by atoms with van der Waals surface area (Å²) >= 11 is 1.46. The first-order chi connectivity index (χ1) is 17.1. The monoisotopic (exact) mass is 487 g/mol. The molecule has 1 aromatic carbocycles. The molecule has 3 aliphatic rings. The Kier molecular flexibility index (Phi) is 6.03. The maximum atomic E-state index is 12.6. The van der Waals surface area contributed by atoms with E-state index in [0.717, 1.165) is 79.9 Å². The molecule has 180 valence electrons. The van der Waals surface area contributed by atoms with Crippen LogP contribution in [0.15, 0.2) is 52.5 Å². The van der Waals surface area contributed by atoms with Crippen molar-refractivity contribution in [3.8, 4) is 11.3 Å². The molecule has 35 heavy (non-hydrogen) atoms. The number of amides is 1. The minimum absolute atomic E-state index is 0.178. The average molecular weight is 488 g/mol. The molecule has 1 amide bonds. The summed E-state index contributed by atoms with van der Waals surface area (Å²) in [7, 11) is 2.17. The van der Waals surface area contributed by atoms with Crippen LogP contribution in [0.2, 0.25) is 0 Å². The third-order valence-corrected chi connectivity index (χ3v) is 7.97. The van der Waals surface area contributed by atoms with Crippen molar-refractivity contribution in [2.24, 2.45) is 4.99 Å². The Morgan fingerprint density at radius 3 is 2.43 bits per heavy atom. The first kappa shape index (κ1) is 22.3. The van der Waals surface area contributed by atoms with Crippen molar-refractivity contribution >= 4 is 40.2 Å². The SMILES string of the molecule is CN1CCN(c2ccc(-c3cnc4ccc(/C=C5\SC(N6CCCCC6)=NC5=O)nn34)cc2)CC1. The summed E-state index contributed by atoms with van der Waals surface area (Å²) in [4.78, 5) is 29.0. The smallest absolute Gasteiger partial charge is 0.286 e. The molecule has 9 heteroatoms. The Morgan fingerprint density at radius 2 is 1.66 bits per heavy atom. The number of hydrogen-bond donors (Lipinski definition) is 0. The van der Waals surface area contributed by atoms with Crippen LogP contribution in [0.5, 0.6) is 0 Å². The molecule has 2 aromatic heterocycles. The van der Waals surface area contributed by atoms with Crippen LogP contribution in [0.3, 0.4) is 0 Å². The highest BCUT2D eigenvalue weighted by Gasteiger charge is 2.27. The van der Waals surface area contributed by atoms with E-state index in [-0.39, 0.29) is 5.91 Å². The molecule has 3 aliphatic heterocycles. The Morgan fingerprint density at radius 1 is 0.886 bits per heavy atom. The van der Waals surface area contributed by atoms with Gasteiger partial charge in [0.1, 0.15) is 0 Å². The van der Waals surface area contributed by atoms with E-state index in [1.807, 2.05) is 28.9 Å². The zero-order valence-corrected chi connectivity index (χ0v) is 20.7. The van der Waals surface area contributed by atoms with Crippen LogP contribution < -0.4 is 4.90 Å². The molecule has 0 spiro atoms. The normalized spacial score (nSPS) is 20.8. The number of amidine groups is 1. The van der Waals surface area contributed by atoms with Crippen LogP contribution in [0, 0.1) is 0 Å². The van der Waals surface area contributed by atoms with Crippen LogP contribution in [0.1, 0.15) is 25.0 Å². The van der Waals surface area contributed by atoms with Gasteiger partial charge in [-0.15, -0.1) is 0 Å². The van der Waals surface area contributed by atoms with Crippen molar-refractivity contribution in [2.45, 2.75) is 19.3 Å². The third kappa shape index (κ3) is 4.58. The number of imidazole rings is 1. The molecule has 0 radical (unpaired) electrons. The molecule has 0 saturated carbocycles. The van der Waals surface area contributed by atoms with E-state index in [2.05, 4.69) is 56.0 Å². The molecule has 0 atom stereocenters. The van der Waals surface area contributed by atoms with Crippen LogP contribution in [0.4, 0.5) is 5.69 Å². The number of carbonyl (C=O) groups excluding carboxylic acids is 1. The Hall–Kier alpha value is -3.17. The Labute approximate surface area is 209 Å². The molecular formula is C26H29N7OS. The molecule has 0 bridgehead atoms. The predicted molar refractivity (Wildman–Crippen MR) is 142 cm³/mol. The lowest BCUT2D eigenvalue weighted by Crippen LogP contribution is -2.44. The minimum Gasteiger partial charge on any atom is -0.369 e. The molecule has 8 nitrogen and oxygen atoms in total. The van der Waals surface area contributed by atoms with E-state index in [1.165, 1.54) is 23.9 Å². The number of likely N-dealkylation sites (tertiary alicyclic amines) is 1. The number of anilines is 1. The van der Waals surface area contributed by atoms with Crippen molar-refractivity contribution in [3.63, 3.8) is 0 Å². The maximum absolute atomic E-state index is 12.6. The van der Waals surface area contributed by atoms with E-state index in [1.54, 1.807) is 0 Å². The second-order valence-corrected chi connectivity index (χ2v) is 10.4. The third-order valence-electron chi connectivity index (χ3n) is 6.93. The van der Waals surface area contributed by atoms with Gasteiger partial charge in [-0.2, -0.15) is 10.1 Å². The summed E-state index contributed by atoms with van der Waals surface area (Å²) in [5.41, 5.74) is 4.74. The number of fused-ring (bicyclic) bond motifs is 1. The fourth-order valence-corrected chi connectivity index (χ4v) is 5.77. The van der Waals surface area contributed by atoms with Gasteiger partial charge in [-0.3, -0.25) is 4.79 Å². The lowest BCUT2D eigenvalue weighted by atomic mass is 10.1. The molecule has 5 heterocycles. The van der Waals surface area contributed by atoms with Crippen molar-refractivity contribution < 1.29 is 4.79 Å². The van der Waals surface area contributed by atoms with E-state index in [4.69, 9.17) is 5.10 Å². The summed E-state index contributed by atoms with van der Waals surface area (Å²) < 4.78 is 1.85. The van der Waals surface area contributed by atoms with Crippen molar-refractivity contribution in [1.29, 1.82) is 0 Å². The highest BCUT2D eigenvalue weighted by molar-refractivity contribution is 8.18. The summed E-state index contributed by atoms with van der Waals surface area (Å²) in [6.07, 6.45) is 7.26. The number of aromatic nitrogens is 3. The minimum atomic E-state index is -0.178. The number of rotatable bonds is 3. The van der Waals surface area contributed by atoms with Crippen LogP contribution in [-0.2, 0) is 4.79 Å². The van der Waals surface area contributed by atoms with Crippen LogP contribution in [-0.4, -0.2) is 81.8 Å². The van der Waals surface area contributed by atoms with Gasteiger partial charge < -0.3 is 14.7 Å². The molecule has 2 fully saturated rings. The maximum Gasteiger partial charge on any atom is 0.286 e. The van der Waals surface area contributed by atoms with Gasteiger partial charge >= 0.3 is 0 Å². The Bertz CT molecular complexity index is 1300. The largest absolute Gasteiger partial charge is 0.369 e. The van der Waals surface area contributed by atoms with E-state index in [9.17, 15) is 4.79 Å². The standard InChI is InChI=1S/C26H29N7OS/c1-30-13-15-31(16-14-30)21-8-5-19(6-9-21)22-18-27-24-10-7-20(29-33(22)24)17-23-25(34)28-26(35-23)32-11-3-2-4-12-32/h5-10,17-18H,2-4,11-16H2,1H3/b23-17-. The number of carbonyl (C=O) groups is 1. The van der Waals surface area contributed by atoms with Crippen molar-refractivity contribution in [2.75, 3.05) is 51.2 Å². The molecule has 3 aromatic rings. The Balaban J connectivity index is 1.23. The van der Waals surface area contributed by atoms with Gasteiger partial charge in [0.25, 0.3) is 5.91 Å². The lowest BCUT2D eigenvalue weighted by molar-refractivity contribution is -0.113. The molecule has 0 N–H and O–H groups in total. The van der Waals surface area contributed by atoms with E-state index >= 15 is 0 Å². The highest BCUT2D eigenvalue weighted by Crippen LogP contribution is 2.31. The topological polar surface area (TPSA) is 69.3 Å². The predicted octanol–water partition coefficient (Wildman–Crippen LogP) is 3.60. The number of aliphatic imine (C=N–C) groups is 1. The van der Waals surface area contributed by atoms with E-state index < -0.39 is 0 Å². The average Bonchev–Trinajstić information content (AvgIpc) is 3.48. The van der Waals surface area contributed by atoms with Crippen LogP contribution in [0.25, 0.3) is 23.0 Å². The number of piperidine rings is 1. The number of likely N-dealkylation sites (N-methyl/N-ethyl adjacent to an activating group) is 1. The summed E-state index contributed by atoms with van der Waals surface area (Å²) in [5, 5.41) is 5.62. The highest BCUT2D eigenvalue weighted by atomic mass is 32.2. The second-order valence-electron chi connectivity index (χ2n) is 9.37. The van der Waals surface area contributed by atoms with Crippen molar-refractivity contribution in [1.82, 2.24) is 24.4 Å². The number of piperazine rings is 1. The van der Waals surface area contributed by atoms with Gasteiger partial charge in [0.05, 0.1) is 22.5 Å². The molecule has 0 aliphatic carbocycles. The molecule has 2 saturated heterocycles. The van der Waals surface area contributed by atoms with E-state index in [0.29, 0.717) is 4.91 Å². The fourth-order valence-electron chi connectivity index (χ4n) is 4.82. The van der Waals surface area contributed by atoms with Gasteiger partial charge in [-0.05, 0) is 68.4 Å². The van der Waals surface area contributed by atoms with Gasteiger partial charge in [-0.25, -0.2) is 9.50 Å². The first-order valence-electron chi connectivity index (χ1n) is 12.3. The fraction of sp³-hybridized carbons (Fsp3) is 0.385.